The number of hydrogen-bond acceptors (Lipinski definition) is 3. The molecule has 0 unspecified atom stereocenters. The van der Waals surface area contributed by atoms with E-state index in [1.54, 1.807) is 6.20 Å². The molecular formula is C12H15N3O2S. The summed E-state index contributed by atoms with van der Waals surface area (Å²) in [5.74, 6) is 0.914. The minimum Gasteiger partial charge on any atom is -0.304 e. The number of rotatable bonds is 4. The van der Waals surface area contributed by atoms with Crippen LogP contribution in [0.2, 0.25) is 0 Å². The lowest BCUT2D eigenvalue weighted by Crippen LogP contribution is -2.21. The lowest BCUT2D eigenvalue weighted by molar-refractivity contribution is 0.587. The van der Waals surface area contributed by atoms with Crippen molar-refractivity contribution >= 4 is 10.0 Å². The first-order valence-corrected chi connectivity index (χ1v) is 7.39. The van der Waals surface area contributed by atoms with Crippen LogP contribution in [0.1, 0.15) is 11.4 Å². The highest BCUT2D eigenvalue weighted by molar-refractivity contribution is 7.88. The number of hydrogen-bond donors (Lipinski definition) is 1. The summed E-state index contributed by atoms with van der Waals surface area (Å²) in [5, 5.41) is 0. The second-order valence-electron chi connectivity index (χ2n) is 4.10. The summed E-state index contributed by atoms with van der Waals surface area (Å²) in [7, 11) is -3.15. The van der Waals surface area contributed by atoms with Crippen molar-refractivity contribution in [1.29, 1.82) is 0 Å². The maximum atomic E-state index is 11.0. The molecule has 0 aliphatic heterocycles. The van der Waals surface area contributed by atoms with Crippen LogP contribution < -0.4 is 4.72 Å². The van der Waals surface area contributed by atoms with Gasteiger partial charge in [0.15, 0.2) is 0 Å². The molecule has 18 heavy (non-hydrogen) atoms. The summed E-state index contributed by atoms with van der Waals surface area (Å²) in [6.45, 7) is 2.24. The fourth-order valence-electron chi connectivity index (χ4n) is 1.64. The minimum absolute atomic E-state index is 0.308. The van der Waals surface area contributed by atoms with Gasteiger partial charge in [0.2, 0.25) is 10.0 Å². The summed E-state index contributed by atoms with van der Waals surface area (Å²) >= 11 is 0. The number of sulfonamides is 1. The van der Waals surface area contributed by atoms with E-state index in [1.165, 1.54) is 0 Å². The van der Waals surface area contributed by atoms with Crippen LogP contribution in [0.5, 0.6) is 0 Å². The van der Waals surface area contributed by atoms with Crippen LogP contribution in [0.3, 0.4) is 0 Å². The van der Waals surface area contributed by atoms with Gasteiger partial charge in [0.25, 0.3) is 0 Å². The van der Waals surface area contributed by atoms with Crippen molar-refractivity contribution in [3.63, 3.8) is 0 Å². The zero-order chi connectivity index (χ0) is 13.2. The molecule has 1 heterocycles. The zero-order valence-electron chi connectivity index (χ0n) is 10.3. The molecule has 2 aromatic rings. The molecule has 0 atom stereocenters. The average molecular weight is 265 g/mol. The third-order valence-corrected chi connectivity index (χ3v) is 3.25. The second-order valence-corrected chi connectivity index (χ2v) is 5.94. The van der Waals surface area contributed by atoms with E-state index in [2.05, 4.69) is 9.71 Å². The Labute approximate surface area is 107 Å². The molecule has 0 amide bonds. The quantitative estimate of drug-likeness (QED) is 0.904. The molecule has 1 aromatic heterocycles. The topological polar surface area (TPSA) is 64.0 Å². The van der Waals surface area contributed by atoms with Crippen molar-refractivity contribution in [2.45, 2.75) is 13.5 Å². The van der Waals surface area contributed by atoms with Gasteiger partial charge in [-0.25, -0.2) is 18.1 Å². The number of nitrogens with zero attached hydrogens (tertiary/aromatic N) is 2. The fraction of sp³-hybridized carbons (Fsp3) is 0.250. The van der Waals surface area contributed by atoms with Crippen molar-refractivity contribution in [2.24, 2.45) is 0 Å². The molecule has 0 fully saturated rings. The van der Waals surface area contributed by atoms with Gasteiger partial charge < -0.3 is 4.57 Å². The average Bonchev–Trinajstić information content (AvgIpc) is 2.73. The lowest BCUT2D eigenvalue weighted by Gasteiger charge is -2.07. The summed E-state index contributed by atoms with van der Waals surface area (Å²) in [6, 6.07) is 7.67. The number of aryl methyl sites for hydroxylation is 1. The number of nitrogens with one attached hydrogen (secondary N) is 1. The summed E-state index contributed by atoms with van der Waals surface area (Å²) in [4.78, 5) is 4.16. The Balaban J connectivity index is 2.13. The Morgan fingerprint density at radius 1 is 1.28 bits per heavy atom. The molecule has 5 nitrogen and oxygen atoms in total. The monoisotopic (exact) mass is 265 g/mol. The van der Waals surface area contributed by atoms with Crippen molar-refractivity contribution in [3.8, 4) is 5.69 Å². The van der Waals surface area contributed by atoms with Gasteiger partial charge in [-0.05, 0) is 24.6 Å². The normalized spacial score (nSPS) is 11.7. The van der Waals surface area contributed by atoms with Crippen molar-refractivity contribution < 1.29 is 8.42 Å². The van der Waals surface area contributed by atoms with E-state index in [4.69, 9.17) is 0 Å². The highest BCUT2D eigenvalue weighted by Gasteiger charge is 2.03. The van der Waals surface area contributed by atoms with Crippen molar-refractivity contribution in [1.82, 2.24) is 14.3 Å². The Morgan fingerprint density at radius 2 is 1.94 bits per heavy atom. The predicted octanol–water partition coefficient (Wildman–Crippen LogP) is 1.23. The highest BCUT2D eigenvalue weighted by Crippen LogP contribution is 2.11. The fourth-order valence-corrected chi connectivity index (χ4v) is 2.07. The van der Waals surface area contributed by atoms with E-state index in [9.17, 15) is 8.42 Å². The van der Waals surface area contributed by atoms with Gasteiger partial charge in [0.1, 0.15) is 5.82 Å². The first-order chi connectivity index (χ1) is 8.46. The van der Waals surface area contributed by atoms with Crippen LogP contribution in [0.25, 0.3) is 5.69 Å². The molecule has 1 N–H and O–H groups in total. The zero-order valence-corrected chi connectivity index (χ0v) is 11.1. The number of imidazole rings is 1. The molecule has 0 spiro atoms. The molecule has 2 rings (SSSR count). The van der Waals surface area contributed by atoms with Crippen molar-refractivity contribution in [3.05, 3.63) is 48.0 Å². The molecule has 0 bridgehead atoms. The van der Waals surface area contributed by atoms with Gasteiger partial charge in [0.05, 0.1) is 6.26 Å². The van der Waals surface area contributed by atoms with Crippen LogP contribution >= 0.6 is 0 Å². The van der Waals surface area contributed by atoms with E-state index in [0.29, 0.717) is 6.54 Å². The molecule has 0 saturated carbocycles. The Kier molecular flexibility index (Phi) is 3.49. The predicted molar refractivity (Wildman–Crippen MR) is 70.0 cm³/mol. The summed E-state index contributed by atoms with van der Waals surface area (Å²) < 4.78 is 26.4. The third-order valence-electron chi connectivity index (χ3n) is 2.58. The van der Waals surface area contributed by atoms with Gasteiger partial charge in [0, 0.05) is 24.6 Å². The second kappa shape index (κ2) is 4.91. The van der Waals surface area contributed by atoms with E-state index in [1.807, 2.05) is 42.0 Å². The molecule has 6 heteroatoms. The van der Waals surface area contributed by atoms with Crippen LogP contribution in [0, 0.1) is 6.92 Å². The van der Waals surface area contributed by atoms with Gasteiger partial charge in [-0.1, -0.05) is 12.1 Å². The van der Waals surface area contributed by atoms with Crippen LogP contribution in [-0.2, 0) is 16.6 Å². The van der Waals surface area contributed by atoms with Gasteiger partial charge in [-0.3, -0.25) is 0 Å². The van der Waals surface area contributed by atoms with E-state index in [-0.39, 0.29) is 0 Å². The van der Waals surface area contributed by atoms with E-state index < -0.39 is 10.0 Å². The number of aromatic nitrogens is 2. The van der Waals surface area contributed by atoms with Gasteiger partial charge in [-0.2, -0.15) is 0 Å². The van der Waals surface area contributed by atoms with Crippen LogP contribution in [0.4, 0.5) is 0 Å². The maximum Gasteiger partial charge on any atom is 0.209 e. The van der Waals surface area contributed by atoms with E-state index >= 15 is 0 Å². The van der Waals surface area contributed by atoms with Gasteiger partial charge in [-0.15, -0.1) is 0 Å². The largest absolute Gasteiger partial charge is 0.304 e. The molecule has 0 saturated heterocycles. The smallest absolute Gasteiger partial charge is 0.209 e. The number of benzene rings is 1. The van der Waals surface area contributed by atoms with Gasteiger partial charge >= 0.3 is 0 Å². The molecule has 0 radical (unpaired) electrons. The van der Waals surface area contributed by atoms with Crippen LogP contribution in [0.15, 0.2) is 36.7 Å². The standard InChI is InChI=1S/C12H15N3O2S/c1-10-13-7-8-15(10)12-5-3-11(4-6-12)9-14-18(2,16)17/h3-8,14H,9H2,1-2H3. The molecule has 1 aromatic carbocycles. The minimum atomic E-state index is -3.15. The molecule has 96 valence electrons. The van der Waals surface area contributed by atoms with Crippen molar-refractivity contribution in [2.75, 3.05) is 6.26 Å². The Bertz CT molecular complexity index is 630. The third kappa shape index (κ3) is 3.18. The lowest BCUT2D eigenvalue weighted by atomic mass is 10.2. The summed E-state index contributed by atoms with van der Waals surface area (Å²) in [6.07, 6.45) is 4.78. The highest BCUT2D eigenvalue weighted by atomic mass is 32.2. The molecular weight excluding hydrogens is 250 g/mol. The first kappa shape index (κ1) is 12.8. The SMILES string of the molecule is Cc1nccn1-c1ccc(CNS(C)(=O)=O)cc1. The molecule has 0 aliphatic rings. The van der Waals surface area contributed by atoms with Crippen LogP contribution in [-0.4, -0.2) is 24.2 Å². The first-order valence-electron chi connectivity index (χ1n) is 5.49. The Hall–Kier alpha value is -1.66. The Morgan fingerprint density at radius 3 is 2.44 bits per heavy atom. The molecule has 0 aliphatic carbocycles. The summed E-state index contributed by atoms with van der Waals surface area (Å²) in [5.41, 5.74) is 1.93. The maximum absolute atomic E-state index is 11.0. The van der Waals surface area contributed by atoms with E-state index in [0.717, 1.165) is 23.3 Å².